The van der Waals surface area contributed by atoms with Gasteiger partial charge in [0.05, 0.1) is 11.1 Å². The van der Waals surface area contributed by atoms with Crippen LogP contribution in [0.25, 0.3) is 10.9 Å². The van der Waals surface area contributed by atoms with Crippen LogP contribution >= 0.6 is 0 Å². The van der Waals surface area contributed by atoms with E-state index in [-0.39, 0.29) is 18.6 Å². The summed E-state index contributed by atoms with van der Waals surface area (Å²) in [6.45, 7) is 3.89. The normalized spacial score (nSPS) is 15.1. The average Bonchev–Trinajstić information content (AvgIpc) is 3.00. The third-order valence-corrected chi connectivity index (χ3v) is 5.68. The van der Waals surface area contributed by atoms with Gasteiger partial charge in [0.25, 0.3) is 5.91 Å². The maximum atomic E-state index is 13.0. The summed E-state index contributed by atoms with van der Waals surface area (Å²) in [6.07, 6.45) is 9.25. The number of rotatable bonds is 7. The minimum Gasteiger partial charge on any atom is -0.452 e. The molecule has 1 aromatic heterocycles. The van der Waals surface area contributed by atoms with Crippen molar-refractivity contribution in [3.05, 3.63) is 41.1 Å². The number of hydrogen-bond acceptors (Lipinski definition) is 4. The number of carbonyl (C=O) groups excluding carboxylic acids is 2. The number of para-hydroxylation sites is 1. The Labute approximate surface area is 173 Å². The minimum atomic E-state index is -0.436. The second kappa shape index (κ2) is 10.4. The second-order valence-corrected chi connectivity index (χ2v) is 7.86. The molecule has 1 aromatic carbocycles. The molecule has 156 valence electrons. The number of benzene rings is 1. The summed E-state index contributed by atoms with van der Waals surface area (Å²) in [5.74, 6) is -0.649. The lowest BCUT2D eigenvalue weighted by atomic mass is 9.96. The molecular formula is C24H32N2O3. The molecule has 5 heteroatoms. The molecule has 0 unspecified atom stereocenters. The fraction of sp³-hybridized carbons (Fsp3) is 0.542. The standard InChI is InChI=1S/C24H32N2O3/c1-3-11-20-18(4-2)23(19-14-9-10-15-21(19)26-20)24(28)29-16-22(27)25-17-12-7-5-6-8-13-17/h9-10,14-15,17H,3-8,11-13,16H2,1-2H3,(H,25,27). The van der Waals surface area contributed by atoms with Crippen LogP contribution in [0.1, 0.15) is 80.4 Å². The van der Waals surface area contributed by atoms with Crippen molar-refractivity contribution in [2.24, 2.45) is 0 Å². The van der Waals surface area contributed by atoms with Crippen molar-refractivity contribution in [1.82, 2.24) is 10.3 Å². The van der Waals surface area contributed by atoms with Crippen LogP contribution in [0, 0.1) is 0 Å². The van der Waals surface area contributed by atoms with Gasteiger partial charge < -0.3 is 10.1 Å². The van der Waals surface area contributed by atoms with Crippen molar-refractivity contribution in [1.29, 1.82) is 0 Å². The van der Waals surface area contributed by atoms with E-state index in [1.54, 1.807) is 0 Å². The molecule has 3 rings (SSSR count). The summed E-state index contributed by atoms with van der Waals surface area (Å²) in [5, 5.41) is 3.82. The fourth-order valence-corrected chi connectivity index (χ4v) is 4.26. The van der Waals surface area contributed by atoms with Gasteiger partial charge in [-0.05, 0) is 37.3 Å². The van der Waals surface area contributed by atoms with Crippen molar-refractivity contribution < 1.29 is 14.3 Å². The van der Waals surface area contributed by atoms with E-state index in [4.69, 9.17) is 9.72 Å². The second-order valence-electron chi connectivity index (χ2n) is 7.86. The number of pyridine rings is 1. The summed E-state index contributed by atoms with van der Waals surface area (Å²) >= 11 is 0. The first-order chi connectivity index (χ1) is 14.1. The fourth-order valence-electron chi connectivity index (χ4n) is 4.26. The first-order valence-corrected chi connectivity index (χ1v) is 11.0. The van der Waals surface area contributed by atoms with Gasteiger partial charge >= 0.3 is 5.97 Å². The molecule has 0 atom stereocenters. The Bertz CT molecular complexity index is 855. The number of ether oxygens (including phenoxy) is 1. The number of nitrogens with one attached hydrogen (secondary N) is 1. The van der Waals surface area contributed by atoms with Crippen LogP contribution < -0.4 is 5.32 Å². The number of amides is 1. The highest BCUT2D eigenvalue weighted by molar-refractivity contribution is 6.05. The van der Waals surface area contributed by atoms with Crippen molar-refractivity contribution in [3.8, 4) is 0 Å². The van der Waals surface area contributed by atoms with Gasteiger partial charge in [0.15, 0.2) is 6.61 Å². The van der Waals surface area contributed by atoms with E-state index in [0.29, 0.717) is 12.0 Å². The molecule has 0 saturated heterocycles. The monoisotopic (exact) mass is 396 g/mol. The summed E-state index contributed by atoms with van der Waals surface area (Å²) in [6, 6.07) is 7.85. The maximum absolute atomic E-state index is 13.0. The van der Waals surface area contributed by atoms with E-state index in [1.165, 1.54) is 12.8 Å². The molecule has 0 aliphatic heterocycles. The first kappa shape index (κ1) is 21.3. The van der Waals surface area contributed by atoms with Gasteiger partial charge in [-0.1, -0.05) is 64.2 Å². The Morgan fingerprint density at radius 2 is 1.83 bits per heavy atom. The summed E-state index contributed by atoms with van der Waals surface area (Å²) in [7, 11) is 0. The number of fused-ring (bicyclic) bond motifs is 1. The van der Waals surface area contributed by atoms with Crippen molar-refractivity contribution >= 4 is 22.8 Å². The summed E-state index contributed by atoms with van der Waals surface area (Å²) in [5.41, 5.74) is 3.23. The lowest BCUT2D eigenvalue weighted by molar-refractivity contribution is -0.125. The van der Waals surface area contributed by atoms with Gasteiger partial charge in [-0.2, -0.15) is 0 Å². The highest BCUT2D eigenvalue weighted by Crippen LogP contribution is 2.26. The van der Waals surface area contributed by atoms with Crippen LogP contribution in [-0.4, -0.2) is 29.5 Å². The molecule has 1 heterocycles. The smallest absolute Gasteiger partial charge is 0.339 e. The maximum Gasteiger partial charge on any atom is 0.339 e. The van der Waals surface area contributed by atoms with E-state index < -0.39 is 5.97 Å². The number of nitrogens with zero attached hydrogens (tertiary/aromatic N) is 1. The molecular weight excluding hydrogens is 364 g/mol. The number of aromatic nitrogens is 1. The molecule has 0 bridgehead atoms. The summed E-state index contributed by atoms with van der Waals surface area (Å²) in [4.78, 5) is 30.1. The van der Waals surface area contributed by atoms with Gasteiger partial charge in [-0.3, -0.25) is 9.78 Å². The van der Waals surface area contributed by atoms with Crippen LogP contribution in [0.5, 0.6) is 0 Å². The van der Waals surface area contributed by atoms with Crippen molar-refractivity contribution in [2.75, 3.05) is 6.61 Å². The number of esters is 1. The van der Waals surface area contributed by atoms with E-state index in [1.807, 2.05) is 31.2 Å². The van der Waals surface area contributed by atoms with Crippen LogP contribution in [0.3, 0.4) is 0 Å². The molecule has 1 saturated carbocycles. The highest BCUT2D eigenvalue weighted by Gasteiger charge is 2.22. The lowest BCUT2D eigenvalue weighted by Gasteiger charge is -2.17. The predicted octanol–water partition coefficient (Wildman–Crippen LogP) is 4.75. The summed E-state index contributed by atoms with van der Waals surface area (Å²) < 4.78 is 5.47. The van der Waals surface area contributed by atoms with E-state index in [9.17, 15) is 9.59 Å². The Hall–Kier alpha value is -2.43. The molecule has 1 fully saturated rings. The Kier molecular flexibility index (Phi) is 7.62. The molecule has 2 aromatic rings. The van der Waals surface area contributed by atoms with Gasteiger partial charge in [-0.25, -0.2) is 4.79 Å². The molecule has 29 heavy (non-hydrogen) atoms. The molecule has 1 aliphatic rings. The van der Waals surface area contributed by atoms with Gasteiger partial charge in [0.2, 0.25) is 0 Å². The van der Waals surface area contributed by atoms with Crippen molar-refractivity contribution in [3.63, 3.8) is 0 Å². The Morgan fingerprint density at radius 1 is 1.10 bits per heavy atom. The van der Waals surface area contributed by atoms with Crippen LogP contribution in [-0.2, 0) is 22.4 Å². The van der Waals surface area contributed by atoms with Crippen molar-refractivity contribution in [2.45, 2.75) is 77.7 Å². The minimum absolute atomic E-state index is 0.202. The topological polar surface area (TPSA) is 68.3 Å². The zero-order valence-electron chi connectivity index (χ0n) is 17.6. The Balaban J connectivity index is 1.76. The first-order valence-electron chi connectivity index (χ1n) is 11.0. The highest BCUT2D eigenvalue weighted by atomic mass is 16.5. The Morgan fingerprint density at radius 3 is 2.52 bits per heavy atom. The van der Waals surface area contributed by atoms with Crippen LogP contribution in [0.2, 0.25) is 0 Å². The molecule has 0 radical (unpaired) electrons. The van der Waals surface area contributed by atoms with Crippen LogP contribution in [0.4, 0.5) is 0 Å². The largest absolute Gasteiger partial charge is 0.452 e. The molecule has 1 amide bonds. The molecule has 0 spiro atoms. The van der Waals surface area contributed by atoms with Crippen LogP contribution in [0.15, 0.2) is 24.3 Å². The molecule has 1 aliphatic carbocycles. The van der Waals surface area contributed by atoms with Gasteiger partial charge in [0.1, 0.15) is 0 Å². The lowest BCUT2D eigenvalue weighted by Crippen LogP contribution is -2.37. The third kappa shape index (κ3) is 5.34. The SMILES string of the molecule is CCCc1nc2ccccc2c(C(=O)OCC(=O)NC2CCCCCC2)c1CC. The predicted molar refractivity (Wildman–Crippen MR) is 115 cm³/mol. The number of carbonyl (C=O) groups is 2. The number of aryl methyl sites for hydroxylation is 1. The van der Waals surface area contributed by atoms with Gasteiger partial charge in [-0.15, -0.1) is 0 Å². The number of hydrogen-bond donors (Lipinski definition) is 1. The van der Waals surface area contributed by atoms with E-state index in [0.717, 1.165) is 60.7 Å². The molecule has 1 N–H and O–H groups in total. The average molecular weight is 397 g/mol. The quantitative estimate of drug-likeness (QED) is 0.542. The van der Waals surface area contributed by atoms with E-state index >= 15 is 0 Å². The van der Waals surface area contributed by atoms with Gasteiger partial charge in [0, 0.05) is 17.1 Å². The zero-order chi connectivity index (χ0) is 20.6. The molecule has 5 nitrogen and oxygen atoms in total. The zero-order valence-corrected chi connectivity index (χ0v) is 17.6. The van der Waals surface area contributed by atoms with E-state index in [2.05, 4.69) is 12.2 Å². The third-order valence-electron chi connectivity index (χ3n) is 5.68.